The van der Waals surface area contributed by atoms with Gasteiger partial charge in [-0.3, -0.25) is 0 Å². The Kier molecular flexibility index (Phi) is 7.87. The Morgan fingerprint density at radius 2 is 1.71 bits per heavy atom. The van der Waals surface area contributed by atoms with Crippen LogP contribution < -0.4 is 5.32 Å². The molecular weight excluding hydrogens is 452 g/mol. The number of nitrogens with zero attached hydrogens (tertiary/aromatic N) is 1. The quantitative estimate of drug-likeness (QED) is 0.312. The predicted octanol–water partition coefficient (Wildman–Crippen LogP) is 10.3. The van der Waals surface area contributed by atoms with Gasteiger partial charge in [0, 0.05) is 22.2 Å². The Hall–Kier alpha value is -3.17. The van der Waals surface area contributed by atoms with E-state index in [0.29, 0.717) is 0 Å². The van der Waals surface area contributed by atoms with Crippen LogP contribution in [0.4, 0.5) is 5.69 Å². The highest BCUT2D eigenvalue weighted by molar-refractivity contribution is 6.32. The van der Waals surface area contributed by atoms with E-state index in [1.807, 2.05) is 34.6 Å². The summed E-state index contributed by atoms with van der Waals surface area (Å²) >= 11 is 6.43. The molecule has 3 nitrogen and oxygen atoms in total. The largest absolute Gasteiger partial charge is 0.461 e. The van der Waals surface area contributed by atoms with Crippen LogP contribution in [0.15, 0.2) is 81.9 Å². The second-order valence-electron chi connectivity index (χ2n) is 8.30. The number of hydrogen-bond acceptors (Lipinski definition) is 2. The number of benzene rings is 2. The first-order valence-corrected chi connectivity index (χ1v) is 13.2. The van der Waals surface area contributed by atoms with E-state index in [0.717, 1.165) is 58.8 Å². The van der Waals surface area contributed by atoms with Crippen molar-refractivity contribution in [1.82, 2.24) is 4.57 Å². The van der Waals surface area contributed by atoms with Crippen molar-refractivity contribution in [3.63, 3.8) is 0 Å². The highest BCUT2D eigenvalue weighted by atomic mass is 35.5. The van der Waals surface area contributed by atoms with Gasteiger partial charge in [-0.05, 0) is 75.1 Å². The summed E-state index contributed by atoms with van der Waals surface area (Å²) in [6.07, 6.45) is 14.9. The van der Waals surface area contributed by atoms with Gasteiger partial charge in [0.2, 0.25) is 0 Å². The van der Waals surface area contributed by atoms with Gasteiger partial charge in [0.1, 0.15) is 11.3 Å². The van der Waals surface area contributed by atoms with E-state index in [1.54, 1.807) is 0 Å². The summed E-state index contributed by atoms with van der Waals surface area (Å²) in [7, 11) is 0. The lowest BCUT2D eigenvalue weighted by molar-refractivity contribution is 0.581. The van der Waals surface area contributed by atoms with Gasteiger partial charge in [-0.15, -0.1) is 0 Å². The van der Waals surface area contributed by atoms with E-state index in [1.165, 1.54) is 27.5 Å². The van der Waals surface area contributed by atoms with Crippen LogP contribution >= 0.6 is 11.6 Å². The van der Waals surface area contributed by atoms with Crippen LogP contribution in [0.2, 0.25) is 0 Å². The van der Waals surface area contributed by atoms with Gasteiger partial charge in [0.15, 0.2) is 0 Å². The van der Waals surface area contributed by atoms with E-state index >= 15 is 0 Å². The highest BCUT2D eigenvalue weighted by Gasteiger charge is 2.19. The molecule has 0 saturated carbocycles. The average Bonchev–Trinajstić information content (AvgIpc) is 3.45. The minimum absolute atomic E-state index is 0.791. The van der Waals surface area contributed by atoms with E-state index < -0.39 is 0 Å². The Morgan fingerprint density at radius 3 is 2.46 bits per heavy atom. The van der Waals surface area contributed by atoms with Gasteiger partial charge < -0.3 is 14.3 Å². The molecule has 2 heterocycles. The van der Waals surface area contributed by atoms with Crippen molar-refractivity contribution < 1.29 is 4.42 Å². The van der Waals surface area contributed by atoms with Gasteiger partial charge >= 0.3 is 0 Å². The molecule has 2 aromatic carbocycles. The lowest BCUT2D eigenvalue weighted by atomic mass is 10.1. The molecule has 0 fully saturated rings. The number of allylic oxidation sites excluding steroid dienone is 7. The Balaban J connectivity index is 0.000000689. The van der Waals surface area contributed by atoms with E-state index in [2.05, 4.69) is 76.7 Å². The summed E-state index contributed by atoms with van der Waals surface area (Å²) in [5.41, 5.74) is 6.66. The van der Waals surface area contributed by atoms with E-state index in [-0.39, 0.29) is 0 Å². The predicted molar refractivity (Wildman–Crippen MR) is 154 cm³/mol. The molecule has 0 spiro atoms. The van der Waals surface area contributed by atoms with Crippen molar-refractivity contribution >= 4 is 55.8 Å². The number of hydrogen-bond donors (Lipinski definition) is 1. The lowest BCUT2D eigenvalue weighted by Crippen LogP contribution is -2.03. The zero-order valence-corrected chi connectivity index (χ0v) is 22.2. The second-order valence-corrected chi connectivity index (χ2v) is 8.71. The molecule has 4 aromatic rings. The van der Waals surface area contributed by atoms with Crippen LogP contribution in [0, 0.1) is 6.92 Å². The highest BCUT2D eigenvalue weighted by Crippen LogP contribution is 2.40. The number of anilines is 1. The number of halogens is 1. The van der Waals surface area contributed by atoms with Crippen molar-refractivity contribution in [3.8, 4) is 0 Å². The second kappa shape index (κ2) is 11.0. The van der Waals surface area contributed by atoms with Crippen molar-refractivity contribution in [2.45, 2.75) is 60.3 Å². The smallest absolute Gasteiger partial charge is 0.144 e. The monoisotopic (exact) mass is 486 g/mol. The van der Waals surface area contributed by atoms with E-state index in [4.69, 9.17) is 16.0 Å². The number of nitrogens with one attached hydrogen (secondary N) is 1. The third-order valence-electron chi connectivity index (χ3n) is 6.19. The number of fused-ring (bicyclic) bond motifs is 5. The molecular formula is C31H35ClN2O. The molecule has 4 heteroatoms. The Labute approximate surface area is 213 Å². The molecule has 6 rings (SSSR count). The molecule has 0 saturated heterocycles. The zero-order valence-electron chi connectivity index (χ0n) is 21.4. The fourth-order valence-electron chi connectivity index (χ4n) is 4.80. The Morgan fingerprint density at radius 1 is 0.914 bits per heavy atom. The molecule has 2 aliphatic carbocycles. The SMILES string of the molecule is CC.CC.Cc1cc2ccc3c(c4ccc(NC5=CCCC=C5Cl)cc4n3C3=CC=CCC3)c2o1. The maximum atomic E-state index is 6.43. The number of rotatable bonds is 3. The molecule has 0 radical (unpaired) electrons. The zero-order chi connectivity index (χ0) is 24.9. The fourth-order valence-corrected chi connectivity index (χ4v) is 5.03. The summed E-state index contributed by atoms with van der Waals surface area (Å²) in [6.45, 7) is 10.0. The van der Waals surface area contributed by atoms with Gasteiger partial charge in [-0.2, -0.15) is 0 Å². The van der Waals surface area contributed by atoms with Gasteiger partial charge in [-0.25, -0.2) is 0 Å². The lowest BCUT2D eigenvalue weighted by Gasteiger charge is -2.16. The standard InChI is InChI=1S/C27H23ClN2O.2C2H6/c1-17-15-18-11-14-24-26(27(18)31-17)21-13-12-19(29-23-10-6-5-9-22(23)28)16-25(21)30(24)20-7-3-2-4-8-20;2*1-2/h2-3,7,9-16,29H,4-6,8H2,1H3;2*1-2H3. The molecule has 0 unspecified atom stereocenters. The molecule has 35 heavy (non-hydrogen) atoms. The van der Waals surface area contributed by atoms with Crippen LogP contribution in [0.3, 0.4) is 0 Å². The topological polar surface area (TPSA) is 30.1 Å². The number of furan rings is 1. The summed E-state index contributed by atoms with van der Waals surface area (Å²) in [6, 6.07) is 13.1. The van der Waals surface area contributed by atoms with Crippen molar-refractivity contribution in [2.75, 3.05) is 5.32 Å². The average molecular weight is 487 g/mol. The summed E-state index contributed by atoms with van der Waals surface area (Å²) in [5.74, 6) is 0.937. The van der Waals surface area contributed by atoms with E-state index in [9.17, 15) is 0 Å². The molecule has 1 N–H and O–H groups in total. The Bertz CT molecular complexity index is 1480. The maximum absolute atomic E-state index is 6.43. The number of aromatic nitrogens is 1. The summed E-state index contributed by atoms with van der Waals surface area (Å²) in [5, 5.41) is 7.85. The van der Waals surface area contributed by atoms with Crippen molar-refractivity contribution in [2.24, 2.45) is 0 Å². The van der Waals surface area contributed by atoms with Gasteiger partial charge in [-0.1, -0.05) is 63.6 Å². The summed E-state index contributed by atoms with van der Waals surface area (Å²) < 4.78 is 8.55. The van der Waals surface area contributed by atoms with Crippen LogP contribution in [0.1, 0.15) is 59.1 Å². The first-order valence-electron chi connectivity index (χ1n) is 12.9. The maximum Gasteiger partial charge on any atom is 0.144 e. The first kappa shape index (κ1) is 24.9. The third-order valence-corrected chi connectivity index (χ3v) is 6.55. The molecule has 182 valence electrons. The molecule has 0 aliphatic heterocycles. The molecule has 2 aromatic heterocycles. The summed E-state index contributed by atoms with van der Waals surface area (Å²) in [4.78, 5) is 0. The van der Waals surface area contributed by atoms with Crippen LogP contribution in [0.25, 0.3) is 38.5 Å². The third kappa shape index (κ3) is 4.70. The molecule has 2 aliphatic rings. The van der Waals surface area contributed by atoms with Crippen LogP contribution in [-0.2, 0) is 0 Å². The van der Waals surface area contributed by atoms with Gasteiger partial charge in [0.05, 0.1) is 27.1 Å². The molecule has 0 atom stereocenters. The van der Waals surface area contributed by atoms with Gasteiger partial charge in [0.25, 0.3) is 0 Å². The number of aryl methyl sites for hydroxylation is 1. The van der Waals surface area contributed by atoms with Crippen LogP contribution in [0.5, 0.6) is 0 Å². The minimum Gasteiger partial charge on any atom is -0.461 e. The minimum atomic E-state index is 0.791. The molecule has 0 amide bonds. The van der Waals surface area contributed by atoms with Crippen LogP contribution in [-0.4, -0.2) is 4.57 Å². The molecule has 0 bridgehead atoms. The fraction of sp³-hybridized carbons (Fsp3) is 0.290. The first-order chi connectivity index (χ1) is 17.2. The van der Waals surface area contributed by atoms with Crippen molar-refractivity contribution in [1.29, 1.82) is 0 Å². The van der Waals surface area contributed by atoms with Crippen molar-refractivity contribution in [3.05, 3.63) is 83.3 Å². The normalized spacial score (nSPS) is 15.1.